The highest BCUT2D eigenvalue weighted by Crippen LogP contribution is 2.44. The summed E-state index contributed by atoms with van der Waals surface area (Å²) in [6.45, 7) is 0. The van der Waals surface area contributed by atoms with E-state index in [1.165, 1.54) is 76.8 Å². The third kappa shape index (κ3) is 3.65. The second kappa shape index (κ2) is 9.14. The highest BCUT2D eigenvalue weighted by atomic mass is 14.6. The monoisotopic (exact) mass is 508 g/mol. The van der Waals surface area contributed by atoms with Crippen molar-refractivity contribution in [1.82, 2.24) is 9.97 Å². The zero-order valence-corrected chi connectivity index (χ0v) is 21.8. The predicted molar refractivity (Wildman–Crippen MR) is 167 cm³/mol. The Labute approximate surface area is 232 Å². The molecule has 8 rings (SSSR count). The second-order valence-electron chi connectivity index (χ2n) is 10.3. The van der Waals surface area contributed by atoms with Gasteiger partial charge in [-0.2, -0.15) is 0 Å². The molecular weight excluding hydrogens is 484 g/mol. The fourth-order valence-corrected chi connectivity index (χ4v) is 6.08. The van der Waals surface area contributed by atoms with Gasteiger partial charge in [-0.1, -0.05) is 91.0 Å². The molecule has 0 N–H and O–H groups in total. The third-order valence-electron chi connectivity index (χ3n) is 8.06. The average Bonchev–Trinajstić information content (AvgIpc) is 3.04. The Morgan fingerprint density at radius 1 is 0.325 bits per heavy atom. The first-order chi connectivity index (χ1) is 19.8. The van der Waals surface area contributed by atoms with Crippen LogP contribution in [0, 0.1) is 0 Å². The summed E-state index contributed by atoms with van der Waals surface area (Å²) in [6, 6.07) is 44.2. The summed E-state index contributed by atoms with van der Waals surface area (Å²) in [5, 5.41) is 7.79. The maximum absolute atomic E-state index is 4.17. The molecule has 0 atom stereocenters. The van der Waals surface area contributed by atoms with Gasteiger partial charge in [-0.25, -0.2) is 0 Å². The lowest BCUT2D eigenvalue weighted by atomic mass is 9.85. The number of nitrogens with zero attached hydrogens (tertiary/aromatic N) is 2. The molecule has 0 saturated carbocycles. The quantitative estimate of drug-likeness (QED) is 0.221. The summed E-state index contributed by atoms with van der Waals surface area (Å²) in [4.78, 5) is 8.34. The summed E-state index contributed by atoms with van der Waals surface area (Å²) in [5.41, 5.74) is 9.65. The maximum Gasteiger partial charge on any atom is 0.0273 e. The number of pyridine rings is 2. The van der Waals surface area contributed by atoms with E-state index in [1.54, 1.807) is 0 Å². The number of rotatable bonds is 4. The van der Waals surface area contributed by atoms with Crippen molar-refractivity contribution < 1.29 is 0 Å². The van der Waals surface area contributed by atoms with E-state index >= 15 is 0 Å². The lowest BCUT2D eigenvalue weighted by Crippen LogP contribution is -1.91. The Kier molecular flexibility index (Phi) is 5.17. The van der Waals surface area contributed by atoms with E-state index in [4.69, 9.17) is 0 Å². The van der Waals surface area contributed by atoms with Crippen molar-refractivity contribution in [3.05, 3.63) is 146 Å². The molecule has 8 aromatic rings. The first kappa shape index (κ1) is 22.6. The van der Waals surface area contributed by atoms with Crippen molar-refractivity contribution in [3.8, 4) is 44.5 Å². The largest absolute Gasteiger partial charge is 0.265 e. The third-order valence-corrected chi connectivity index (χ3v) is 8.06. The van der Waals surface area contributed by atoms with Gasteiger partial charge in [0, 0.05) is 24.8 Å². The molecule has 0 aliphatic heterocycles. The van der Waals surface area contributed by atoms with Crippen LogP contribution < -0.4 is 0 Å². The molecular formula is C38H24N2. The highest BCUT2D eigenvalue weighted by Gasteiger charge is 2.17. The molecule has 186 valence electrons. The Bertz CT molecular complexity index is 1970. The Morgan fingerprint density at radius 2 is 0.725 bits per heavy atom. The lowest BCUT2D eigenvalue weighted by Gasteiger charge is -2.18. The van der Waals surface area contributed by atoms with Gasteiger partial charge in [0.05, 0.1) is 0 Å². The number of benzene rings is 6. The molecule has 0 saturated heterocycles. The van der Waals surface area contributed by atoms with E-state index < -0.39 is 0 Å². The molecule has 0 fully saturated rings. The van der Waals surface area contributed by atoms with Gasteiger partial charge in [-0.3, -0.25) is 9.97 Å². The molecule has 0 spiro atoms. The van der Waals surface area contributed by atoms with Crippen molar-refractivity contribution in [2.24, 2.45) is 0 Å². The molecule has 0 radical (unpaired) electrons. The van der Waals surface area contributed by atoms with Gasteiger partial charge >= 0.3 is 0 Å². The Balaban J connectivity index is 1.36. The number of aromatic nitrogens is 2. The van der Waals surface area contributed by atoms with Crippen molar-refractivity contribution in [2.45, 2.75) is 0 Å². The normalized spacial score (nSPS) is 11.5. The summed E-state index contributed by atoms with van der Waals surface area (Å²) in [6.07, 6.45) is 7.37. The van der Waals surface area contributed by atoms with Gasteiger partial charge in [0.1, 0.15) is 0 Å². The lowest BCUT2D eigenvalue weighted by molar-refractivity contribution is 1.33. The Hall–Kier alpha value is -5.34. The molecule has 0 bridgehead atoms. The van der Waals surface area contributed by atoms with Crippen molar-refractivity contribution >= 4 is 32.3 Å². The minimum absolute atomic E-state index is 1.17. The van der Waals surface area contributed by atoms with Crippen LogP contribution in [-0.2, 0) is 0 Å². The molecule has 2 heterocycles. The van der Waals surface area contributed by atoms with Gasteiger partial charge in [-0.15, -0.1) is 0 Å². The van der Waals surface area contributed by atoms with E-state index in [0.717, 1.165) is 0 Å². The van der Waals surface area contributed by atoms with Crippen LogP contribution in [0.25, 0.3) is 76.8 Å². The van der Waals surface area contributed by atoms with Crippen molar-refractivity contribution in [3.63, 3.8) is 0 Å². The fraction of sp³-hybridized carbons (Fsp3) is 0. The van der Waals surface area contributed by atoms with Crippen LogP contribution in [0.15, 0.2) is 146 Å². The molecule has 6 aromatic carbocycles. The van der Waals surface area contributed by atoms with Gasteiger partial charge in [0.15, 0.2) is 0 Å². The van der Waals surface area contributed by atoms with E-state index in [0.29, 0.717) is 0 Å². The van der Waals surface area contributed by atoms with Gasteiger partial charge in [0.2, 0.25) is 0 Å². The van der Waals surface area contributed by atoms with Gasteiger partial charge < -0.3 is 0 Å². The first-order valence-corrected chi connectivity index (χ1v) is 13.6. The first-order valence-electron chi connectivity index (χ1n) is 13.6. The van der Waals surface area contributed by atoms with E-state index in [9.17, 15) is 0 Å². The SMILES string of the molecule is c1cc2ccc3c(-c4ccc(-c5ccncc5)cc4)cc(-c4ccc(-c5ccncc5)cc4)c4ccc(c1)c2c34. The van der Waals surface area contributed by atoms with Crippen LogP contribution in [0.4, 0.5) is 0 Å². The maximum atomic E-state index is 4.17. The summed E-state index contributed by atoms with van der Waals surface area (Å²) in [5.74, 6) is 0. The average molecular weight is 509 g/mol. The Morgan fingerprint density at radius 3 is 1.18 bits per heavy atom. The summed E-state index contributed by atoms with van der Waals surface area (Å²) in [7, 11) is 0. The van der Waals surface area contributed by atoms with Gasteiger partial charge in [-0.05, 0) is 107 Å². The fourth-order valence-electron chi connectivity index (χ4n) is 6.08. The highest BCUT2D eigenvalue weighted by molar-refractivity contribution is 6.28. The van der Waals surface area contributed by atoms with E-state index in [2.05, 4.69) is 131 Å². The van der Waals surface area contributed by atoms with Crippen LogP contribution in [0.2, 0.25) is 0 Å². The topological polar surface area (TPSA) is 25.8 Å². The predicted octanol–water partition coefficient (Wildman–Crippen LogP) is 10.0. The standard InChI is InChI=1S/C38H24N2/c1-2-31-12-14-33-35(29-8-4-25(5-9-29)27-16-20-39-21-17-27)24-36(34-15-13-32(3-1)37(31)38(33)34)30-10-6-26(7-11-30)28-18-22-40-23-19-28/h1-24H. The van der Waals surface area contributed by atoms with Crippen LogP contribution in [0.3, 0.4) is 0 Å². The minimum Gasteiger partial charge on any atom is -0.265 e. The molecule has 40 heavy (non-hydrogen) atoms. The van der Waals surface area contributed by atoms with Crippen molar-refractivity contribution in [1.29, 1.82) is 0 Å². The van der Waals surface area contributed by atoms with Crippen LogP contribution >= 0.6 is 0 Å². The second-order valence-corrected chi connectivity index (χ2v) is 10.3. The minimum atomic E-state index is 1.17. The van der Waals surface area contributed by atoms with Crippen molar-refractivity contribution in [2.75, 3.05) is 0 Å². The van der Waals surface area contributed by atoms with Crippen LogP contribution in [0.1, 0.15) is 0 Å². The molecule has 2 heteroatoms. The zero-order chi connectivity index (χ0) is 26.5. The molecule has 0 unspecified atom stereocenters. The van der Waals surface area contributed by atoms with Crippen LogP contribution in [0.5, 0.6) is 0 Å². The number of hydrogen-bond donors (Lipinski definition) is 0. The van der Waals surface area contributed by atoms with Crippen LogP contribution in [-0.4, -0.2) is 9.97 Å². The molecule has 0 aliphatic carbocycles. The molecule has 0 aliphatic rings. The molecule has 0 amide bonds. The van der Waals surface area contributed by atoms with E-state index in [1.807, 2.05) is 24.8 Å². The molecule has 2 nitrogen and oxygen atoms in total. The summed E-state index contributed by atoms with van der Waals surface area (Å²) < 4.78 is 0. The summed E-state index contributed by atoms with van der Waals surface area (Å²) >= 11 is 0. The smallest absolute Gasteiger partial charge is 0.0273 e. The van der Waals surface area contributed by atoms with E-state index in [-0.39, 0.29) is 0 Å². The zero-order valence-electron chi connectivity index (χ0n) is 21.8. The molecule has 2 aromatic heterocycles. The van der Waals surface area contributed by atoms with Gasteiger partial charge in [0.25, 0.3) is 0 Å². The number of hydrogen-bond acceptors (Lipinski definition) is 2.